The number of hydrogen-bond donors (Lipinski definition) is 1. The largest absolute Gasteiger partial charge is 0.441 e. The van der Waals surface area contributed by atoms with E-state index in [4.69, 9.17) is 4.42 Å². The predicted molar refractivity (Wildman–Crippen MR) is 103 cm³/mol. The molecule has 9 heteroatoms. The van der Waals surface area contributed by atoms with Crippen LogP contribution in [0.5, 0.6) is 0 Å². The van der Waals surface area contributed by atoms with Crippen molar-refractivity contribution < 1.29 is 9.34 Å². The molecule has 1 unspecified atom stereocenters. The lowest BCUT2D eigenvalue weighted by molar-refractivity contribution is -0.384. The zero-order chi connectivity index (χ0) is 19.5. The molecular weight excluding hydrogens is 360 g/mol. The highest BCUT2D eigenvalue weighted by atomic mass is 16.6. The van der Waals surface area contributed by atoms with Crippen LogP contribution in [0.25, 0.3) is 11.3 Å². The van der Waals surface area contributed by atoms with Gasteiger partial charge < -0.3 is 14.3 Å². The van der Waals surface area contributed by atoms with Gasteiger partial charge in [0.05, 0.1) is 17.2 Å². The van der Waals surface area contributed by atoms with Crippen molar-refractivity contribution in [3.05, 3.63) is 64.7 Å². The Hall–Kier alpha value is -3.04. The van der Waals surface area contributed by atoms with E-state index in [2.05, 4.69) is 24.8 Å². The molecule has 1 aliphatic rings. The minimum atomic E-state index is -0.414. The van der Waals surface area contributed by atoms with Gasteiger partial charge in [0.15, 0.2) is 11.7 Å². The lowest BCUT2D eigenvalue weighted by Crippen LogP contribution is -2.47. The van der Waals surface area contributed by atoms with Crippen LogP contribution in [0.1, 0.15) is 17.8 Å². The normalized spacial score (nSPS) is 17.7. The summed E-state index contributed by atoms with van der Waals surface area (Å²) in [6.07, 6.45) is 6.07. The number of aromatic nitrogens is 3. The molecule has 2 aromatic heterocycles. The molecule has 0 aliphatic carbocycles. The van der Waals surface area contributed by atoms with Gasteiger partial charge in [-0.05, 0) is 0 Å². The molecule has 3 heterocycles. The number of nitrogens with one attached hydrogen (secondary N) is 1. The number of benzene rings is 1. The number of piperazine rings is 1. The Morgan fingerprint density at radius 1 is 1.39 bits per heavy atom. The highest BCUT2D eigenvalue weighted by Gasteiger charge is 2.26. The summed E-state index contributed by atoms with van der Waals surface area (Å²) in [6.45, 7) is 3.52. The summed E-state index contributed by atoms with van der Waals surface area (Å²) >= 11 is 0. The number of nitro benzene ring substituents is 1. The monoisotopic (exact) mass is 382 g/mol. The van der Waals surface area contributed by atoms with Crippen LogP contribution in [0.15, 0.2) is 47.3 Å². The van der Waals surface area contributed by atoms with Crippen LogP contribution in [0.3, 0.4) is 0 Å². The maximum absolute atomic E-state index is 11.0. The second-order valence-electron chi connectivity index (χ2n) is 6.83. The Kier molecular flexibility index (Phi) is 5.18. The molecule has 0 radical (unpaired) electrons. The Morgan fingerprint density at radius 3 is 3.07 bits per heavy atom. The molecule has 28 heavy (non-hydrogen) atoms. The average Bonchev–Trinajstić information content (AvgIpc) is 3.36. The number of rotatable bonds is 6. The molecule has 0 bridgehead atoms. The zero-order valence-corrected chi connectivity index (χ0v) is 15.6. The third-order valence-electron chi connectivity index (χ3n) is 5.02. The second kappa shape index (κ2) is 7.91. The van der Waals surface area contributed by atoms with Gasteiger partial charge in [-0.15, -0.1) is 0 Å². The van der Waals surface area contributed by atoms with Crippen molar-refractivity contribution in [2.24, 2.45) is 7.05 Å². The van der Waals surface area contributed by atoms with Gasteiger partial charge in [-0.1, -0.05) is 12.1 Å². The molecular formula is C19H22N6O3. The van der Waals surface area contributed by atoms with E-state index in [-0.39, 0.29) is 11.7 Å². The van der Waals surface area contributed by atoms with Crippen LogP contribution in [0.2, 0.25) is 0 Å². The fourth-order valence-electron chi connectivity index (χ4n) is 3.54. The number of oxazole rings is 1. The molecule has 1 fully saturated rings. The minimum Gasteiger partial charge on any atom is -0.441 e. The van der Waals surface area contributed by atoms with Gasteiger partial charge in [-0.3, -0.25) is 15.0 Å². The van der Waals surface area contributed by atoms with E-state index in [0.29, 0.717) is 23.6 Å². The van der Waals surface area contributed by atoms with Crippen LogP contribution < -0.4 is 5.32 Å². The van der Waals surface area contributed by atoms with Gasteiger partial charge in [0.2, 0.25) is 0 Å². The molecule has 1 atom stereocenters. The summed E-state index contributed by atoms with van der Waals surface area (Å²) in [5.41, 5.74) is 0.690. The number of aryl methyl sites for hydroxylation is 1. The predicted octanol–water partition coefficient (Wildman–Crippen LogP) is 2.17. The SMILES string of the molecule is Cn1ccnc1C1CNCCN1CCc1ncc(-c2cccc([N+](=O)[O-])c2)o1. The molecule has 4 rings (SSSR count). The minimum absolute atomic E-state index is 0.0363. The second-order valence-corrected chi connectivity index (χ2v) is 6.83. The summed E-state index contributed by atoms with van der Waals surface area (Å²) in [7, 11) is 2.01. The Bertz CT molecular complexity index is 966. The van der Waals surface area contributed by atoms with Crippen LogP contribution in [-0.2, 0) is 13.5 Å². The third-order valence-corrected chi connectivity index (χ3v) is 5.02. The summed E-state index contributed by atoms with van der Waals surface area (Å²) in [4.78, 5) is 21.8. The van der Waals surface area contributed by atoms with Gasteiger partial charge in [-0.2, -0.15) is 0 Å². The van der Waals surface area contributed by atoms with E-state index in [1.165, 1.54) is 12.1 Å². The standard InChI is InChI=1S/C19H22N6O3/c1-23-9-7-21-19(23)16-12-20-6-10-24(16)8-5-18-22-13-17(28-18)14-3-2-4-15(11-14)25(26)27/h2-4,7,9,11,13,16,20H,5-6,8,10,12H2,1H3. The quantitative estimate of drug-likeness (QED) is 0.515. The number of hydrogen-bond acceptors (Lipinski definition) is 7. The Labute approximate surface area is 162 Å². The summed E-state index contributed by atoms with van der Waals surface area (Å²) in [5, 5.41) is 14.4. The topological polar surface area (TPSA) is 102 Å². The van der Waals surface area contributed by atoms with Crippen LogP contribution in [0.4, 0.5) is 5.69 Å². The van der Waals surface area contributed by atoms with Gasteiger partial charge in [-0.25, -0.2) is 9.97 Å². The third kappa shape index (κ3) is 3.80. The van der Waals surface area contributed by atoms with Crippen molar-refractivity contribution in [3.8, 4) is 11.3 Å². The number of imidazole rings is 1. The van der Waals surface area contributed by atoms with Gasteiger partial charge in [0, 0.05) is 69.7 Å². The van der Waals surface area contributed by atoms with Crippen molar-refractivity contribution >= 4 is 5.69 Å². The van der Waals surface area contributed by atoms with E-state index in [9.17, 15) is 10.1 Å². The molecule has 1 saturated heterocycles. The first-order valence-electron chi connectivity index (χ1n) is 9.23. The van der Waals surface area contributed by atoms with Gasteiger partial charge >= 0.3 is 0 Å². The molecule has 0 amide bonds. The first-order valence-corrected chi connectivity index (χ1v) is 9.23. The molecule has 1 aromatic carbocycles. The van der Waals surface area contributed by atoms with Crippen LogP contribution in [0, 0.1) is 10.1 Å². The highest BCUT2D eigenvalue weighted by Crippen LogP contribution is 2.25. The van der Waals surface area contributed by atoms with E-state index in [0.717, 1.165) is 32.0 Å². The number of nitrogens with zero attached hydrogens (tertiary/aromatic N) is 5. The zero-order valence-electron chi connectivity index (χ0n) is 15.6. The lowest BCUT2D eigenvalue weighted by Gasteiger charge is -2.35. The van der Waals surface area contributed by atoms with E-state index >= 15 is 0 Å². The molecule has 146 valence electrons. The molecule has 9 nitrogen and oxygen atoms in total. The molecule has 1 N–H and O–H groups in total. The molecule has 0 saturated carbocycles. The summed E-state index contributed by atoms with van der Waals surface area (Å²) in [5.74, 6) is 2.20. The fourth-order valence-corrected chi connectivity index (χ4v) is 3.54. The van der Waals surface area contributed by atoms with E-state index in [1.807, 2.05) is 19.4 Å². The van der Waals surface area contributed by atoms with Crippen molar-refractivity contribution in [1.82, 2.24) is 24.8 Å². The van der Waals surface area contributed by atoms with Crippen LogP contribution in [-0.4, -0.2) is 50.5 Å². The molecule has 0 spiro atoms. The highest BCUT2D eigenvalue weighted by molar-refractivity contribution is 5.60. The maximum Gasteiger partial charge on any atom is 0.270 e. The first kappa shape index (κ1) is 18.3. The van der Waals surface area contributed by atoms with Gasteiger partial charge in [0.1, 0.15) is 5.82 Å². The maximum atomic E-state index is 11.0. The number of nitro groups is 1. The fraction of sp³-hybridized carbons (Fsp3) is 0.368. The van der Waals surface area contributed by atoms with E-state index < -0.39 is 4.92 Å². The Morgan fingerprint density at radius 2 is 2.29 bits per heavy atom. The van der Waals surface area contributed by atoms with Gasteiger partial charge in [0.25, 0.3) is 5.69 Å². The van der Waals surface area contributed by atoms with Crippen molar-refractivity contribution in [3.63, 3.8) is 0 Å². The van der Waals surface area contributed by atoms with Crippen molar-refractivity contribution in [2.75, 3.05) is 26.2 Å². The van der Waals surface area contributed by atoms with Crippen LogP contribution >= 0.6 is 0 Å². The average molecular weight is 382 g/mol. The number of non-ortho nitro benzene ring substituents is 1. The summed E-state index contributed by atoms with van der Waals surface area (Å²) < 4.78 is 7.90. The van der Waals surface area contributed by atoms with E-state index in [1.54, 1.807) is 18.3 Å². The van der Waals surface area contributed by atoms with Crippen molar-refractivity contribution in [1.29, 1.82) is 0 Å². The molecule has 3 aromatic rings. The summed E-state index contributed by atoms with van der Waals surface area (Å²) in [6, 6.07) is 6.60. The molecule has 1 aliphatic heterocycles. The van der Waals surface area contributed by atoms with Crippen molar-refractivity contribution in [2.45, 2.75) is 12.5 Å². The first-order chi connectivity index (χ1) is 13.6. The smallest absolute Gasteiger partial charge is 0.270 e. The lowest BCUT2D eigenvalue weighted by atomic mass is 10.1. The Balaban J connectivity index is 1.45.